The summed E-state index contributed by atoms with van der Waals surface area (Å²) in [7, 11) is 0. The molecule has 0 bridgehead atoms. The van der Waals surface area contributed by atoms with Crippen LogP contribution in [0.25, 0.3) is 0 Å². The minimum absolute atomic E-state index is 0.659. The van der Waals surface area contributed by atoms with E-state index in [4.69, 9.17) is 0 Å². The minimum atomic E-state index is -0.922. The van der Waals surface area contributed by atoms with Crippen LogP contribution in [0.5, 0.6) is 0 Å². The number of aryl methyl sites for hydroxylation is 1. The molecule has 2 aromatic rings. The Morgan fingerprint density at radius 1 is 1.28 bits per heavy atom. The van der Waals surface area contributed by atoms with E-state index in [1.165, 1.54) is 0 Å². The van der Waals surface area contributed by atoms with Crippen LogP contribution in [-0.4, -0.2) is 14.9 Å². The largest absolute Gasteiger partial charge is 0.384 e. The molecule has 0 atom stereocenters. The molecule has 0 saturated carbocycles. The Morgan fingerprint density at radius 3 is 2.44 bits per heavy atom. The van der Waals surface area contributed by atoms with Crippen molar-refractivity contribution < 1.29 is 5.11 Å². The second-order valence-electron chi connectivity index (χ2n) is 4.95. The molecular formula is C14H17BrN2O. The smallest absolute Gasteiger partial charge is 0.102 e. The maximum Gasteiger partial charge on any atom is 0.102 e. The molecule has 4 heteroatoms. The van der Waals surface area contributed by atoms with Crippen molar-refractivity contribution >= 4 is 15.9 Å². The van der Waals surface area contributed by atoms with Crippen molar-refractivity contribution in [2.24, 2.45) is 0 Å². The lowest BCUT2D eigenvalue weighted by molar-refractivity contribution is 0.0680. The highest BCUT2D eigenvalue weighted by Gasteiger charge is 2.26. The van der Waals surface area contributed by atoms with E-state index in [1.807, 2.05) is 29.8 Å². The van der Waals surface area contributed by atoms with E-state index in [-0.39, 0.29) is 0 Å². The van der Waals surface area contributed by atoms with Gasteiger partial charge in [0.15, 0.2) is 0 Å². The van der Waals surface area contributed by atoms with Crippen LogP contribution in [0.3, 0.4) is 0 Å². The van der Waals surface area contributed by atoms with Gasteiger partial charge in [0.1, 0.15) is 5.60 Å². The summed E-state index contributed by atoms with van der Waals surface area (Å²) in [4.78, 5) is 0. The average Bonchev–Trinajstić information content (AvgIpc) is 2.55. The molecule has 0 spiro atoms. The van der Waals surface area contributed by atoms with Gasteiger partial charge in [0.2, 0.25) is 0 Å². The highest BCUT2D eigenvalue weighted by molar-refractivity contribution is 9.10. The summed E-state index contributed by atoms with van der Waals surface area (Å²) < 4.78 is 2.74. The molecule has 0 aliphatic rings. The summed E-state index contributed by atoms with van der Waals surface area (Å²) in [6, 6.07) is 10.1. The molecule has 0 fully saturated rings. The zero-order valence-corrected chi connectivity index (χ0v) is 12.4. The van der Waals surface area contributed by atoms with E-state index < -0.39 is 5.60 Å². The average molecular weight is 309 g/mol. The topological polar surface area (TPSA) is 38.0 Å². The maximum absolute atomic E-state index is 10.3. The van der Waals surface area contributed by atoms with Crippen molar-refractivity contribution in [2.45, 2.75) is 32.9 Å². The summed E-state index contributed by atoms with van der Waals surface area (Å²) in [5.74, 6) is 0. The fraction of sp³-hybridized carbons (Fsp3) is 0.357. The Balaban J connectivity index is 2.43. The van der Waals surface area contributed by atoms with Crippen LogP contribution in [0.2, 0.25) is 0 Å². The maximum atomic E-state index is 10.3. The SMILES string of the molecule is Cc1nn(Cc2ccccc2)c(C(C)(C)O)c1Br. The summed E-state index contributed by atoms with van der Waals surface area (Å²) >= 11 is 3.51. The van der Waals surface area contributed by atoms with Gasteiger partial charge in [-0.05, 0) is 42.3 Å². The third-order valence-corrected chi connectivity index (χ3v) is 3.76. The lowest BCUT2D eigenvalue weighted by Gasteiger charge is -2.20. The van der Waals surface area contributed by atoms with Crippen molar-refractivity contribution in [1.29, 1.82) is 0 Å². The van der Waals surface area contributed by atoms with Gasteiger partial charge in [-0.2, -0.15) is 5.10 Å². The molecule has 0 unspecified atom stereocenters. The first-order valence-electron chi connectivity index (χ1n) is 5.89. The summed E-state index contributed by atoms with van der Waals surface area (Å²) in [5.41, 5.74) is 1.94. The molecule has 0 aliphatic heterocycles. The molecule has 2 rings (SSSR count). The number of hydrogen-bond donors (Lipinski definition) is 1. The Kier molecular flexibility index (Phi) is 3.59. The van der Waals surface area contributed by atoms with Crippen molar-refractivity contribution in [3.05, 3.63) is 51.8 Å². The molecular weight excluding hydrogens is 292 g/mol. The lowest BCUT2D eigenvalue weighted by Crippen LogP contribution is -2.22. The Hall–Kier alpha value is -1.13. The van der Waals surface area contributed by atoms with Crippen molar-refractivity contribution in [2.75, 3.05) is 0 Å². The number of hydrogen-bond acceptors (Lipinski definition) is 2. The van der Waals surface area contributed by atoms with Crippen LogP contribution in [0.1, 0.15) is 30.8 Å². The molecule has 0 amide bonds. The van der Waals surface area contributed by atoms with E-state index in [0.717, 1.165) is 21.4 Å². The summed E-state index contributed by atoms with van der Waals surface area (Å²) in [5, 5.41) is 14.7. The highest BCUT2D eigenvalue weighted by Crippen LogP contribution is 2.30. The Bertz CT molecular complexity index is 541. The van der Waals surface area contributed by atoms with Gasteiger partial charge in [-0.25, -0.2) is 0 Å². The number of aromatic nitrogens is 2. The molecule has 1 aromatic heterocycles. The molecule has 1 aromatic carbocycles. The van der Waals surface area contributed by atoms with Gasteiger partial charge >= 0.3 is 0 Å². The molecule has 0 aliphatic carbocycles. The molecule has 1 heterocycles. The van der Waals surface area contributed by atoms with E-state index >= 15 is 0 Å². The molecule has 0 radical (unpaired) electrons. The van der Waals surface area contributed by atoms with Crippen LogP contribution in [0.4, 0.5) is 0 Å². The van der Waals surface area contributed by atoms with Crippen molar-refractivity contribution in [3.8, 4) is 0 Å². The highest BCUT2D eigenvalue weighted by atomic mass is 79.9. The first-order chi connectivity index (χ1) is 8.39. The van der Waals surface area contributed by atoms with Gasteiger partial charge in [0.25, 0.3) is 0 Å². The molecule has 3 nitrogen and oxygen atoms in total. The van der Waals surface area contributed by atoms with Gasteiger partial charge in [-0.1, -0.05) is 30.3 Å². The minimum Gasteiger partial charge on any atom is -0.384 e. The van der Waals surface area contributed by atoms with Crippen LogP contribution in [0, 0.1) is 6.92 Å². The number of benzene rings is 1. The van der Waals surface area contributed by atoms with E-state index in [9.17, 15) is 5.11 Å². The third-order valence-electron chi connectivity index (χ3n) is 2.81. The van der Waals surface area contributed by atoms with E-state index in [1.54, 1.807) is 13.8 Å². The zero-order chi connectivity index (χ0) is 13.3. The van der Waals surface area contributed by atoms with Crippen molar-refractivity contribution in [3.63, 3.8) is 0 Å². The second kappa shape index (κ2) is 4.86. The van der Waals surface area contributed by atoms with Gasteiger partial charge in [-0.3, -0.25) is 4.68 Å². The predicted octanol–water partition coefficient (Wildman–Crippen LogP) is 3.23. The molecule has 18 heavy (non-hydrogen) atoms. The Labute approximate surface area is 116 Å². The zero-order valence-electron chi connectivity index (χ0n) is 10.8. The first kappa shape index (κ1) is 13.3. The number of aliphatic hydroxyl groups is 1. The standard InChI is InChI=1S/C14H17BrN2O/c1-10-12(15)13(14(2,3)18)17(16-10)9-11-7-5-4-6-8-11/h4-8,18H,9H2,1-3H3. The normalized spacial score (nSPS) is 11.8. The number of nitrogens with zero attached hydrogens (tertiary/aromatic N) is 2. The monoisotopic (exact) mass is 308 g/mol. The number of halogens is 1. The van der Waals surface area contributed by atoms with Crippen LogP contribution >= 0.6 is 15.9 Å². The van der Waals surface area contributed by atoms with Gasteiger partial charge < -0.3 is 5.11 Å². The fourth-order valence-electron chi connectivity index (χ4n) is 2.01. The first-order valence-corrected chi connectivity index (χ1v) is 6.68. The fourth-order valence-corrected chi connectivity index (χ4v) is 2.78. The van der Waals surface area contributed by atoms with Gasteiger partial charge in [0, 0.05) is 0 Å². The van der Waals surface area contributed by atoms with Crippen LogP contribution in [-0.2, 0) is 12.1 Å². The summed E-state index contributed by atoms with van der Waals surface area (Å²) in [6.45, 7) is 6.14. The predicted molar refractivity (Wildman–Crippen MR) is 75.5 cm³/mol. The van der Waals surface area contributed by atoms with Crippen LogP contribution < -0.4 is 0 Å². The quantitative estimate of drug-likeness (QED) is 0.945. The van der Waals surface area contributed by atoms with E-state index in [0.29, 0.717) is 6.54 Å². The molecule has 96 valence electrons. The molecule has 0 saturated heterocycles. The van der Waals surface area contributed by atoms with Crippen LogP contribution in [0.15, 0.2) is 34.8 Å². The van der Waals surface area contributed by atoms with Gasteiger partial charge in [0.05, 0.1) is 22.4 Å². The second-order valence-corrected chi connectivity index (χ2v) is 5.74. The Morgan fingerprint density at radius 2 is 1.89 bits per heavy atom. The lowest BCUT2D eigenvalue weighted by atomic mass is 10.0. The summed E-state index contributed by atoms with van der Waals surface area (Å²) in [6.07, 6.45) is 0. The molecule has 1 N–H and O–H groups in total. The van der Waals surface area contributed by atoms with E-state index in [2.05, 4.69) is 33.2 Å². The number of rotatable bonds is 3. The third kappa shape index (κ3) is 2.65. The van der Waals surface area contributed by atoms with Gasteiger partial charge in [-0.15, -0.1) is 0 Å². The van der Waals surface area contributed by atoms with Crippen molar-refractivity contribution in [1.82, 2.24) is 9.78 Å².